The Morgan fingerprint density at radius 2 is 1.35 bits per heavy atom. The third kappa shape index (κ3) is 5.21. The molecule has 1 unspecified atom stereocenters. The summed E-state index contributed by atoms with van der Waals surface area (Å²) in [6.45, 7) is -0.166. The molecule has 172 valence electrons. The Balaban J connectivity index is 1.65. The van der Waals surface area contributed by atoms with Crippen LogP contribution < -0.4 is 5.32 Å². The maximum absolute atomic E-state index is 13.5. The van der Waals surface area contributed by atoms with E-state index in [2.05, 4.69) is 10.3 Å². The molecule has 1 N–H and O–H groups in total. The number of nitrogens with one attached hydrogen (secondary N) is 1. The van der Waals surface area contributed by atoms with Crippen LogP contribution in [0.25, 0.3) is 0 Å². The van der Waals surface area contributed by atoms with Crippen LogP contribution in [0.2, 0.25) is 0 Å². The van der Waals surface area contributed by atoms with Crippen LogP contribution in [0.3, 0.4) is 0 Å². The van der Waals surface area contributed by atoms with E-state index in [4.69, 9.17) is 0 Å². The summed E-state index contributed by atoms with van der Waals surface area (Å²) in [6.07, 6.45) is 3.01. The Morgan fingerprint density at radius 1 is 0.794 bits per heavy atom. The van der Waals surface area contributed by atoms with Crippen LogP contribution in [0.5, 0.6) is 0 Å². The summed E-state index contributed by atoms with van der Waals surface area (Å²) < 4.78 is 40.3. The normalized spacial score (nSPS) is 12.3. The third-order valence-electron chi connectivity index (χ3n) is 5.56. The Labute approximate surface area is 198 Å². The molecule has 0 saturated carbocycles. The molecule has 0 spiro atoms. The molecule has 0 aliphatic carbocycles. The Bertz CT molecular complexity index is 1290. The number of aromatic nitrogens is 1. The number of pyridine rings is 1. The van der Waals surface area contributed by atoms with Gasteiger partial charge < -0.3 is 5.32 Å². The molecule has 0 saturated heterocycles. The fourth-order valence-electron chi connectivity index (χ4n) is 3.84. The molecule has 3 aromatic carbocycles. The van der Waals surface area contributed by atoms with Gasteiger partial charge in [-0.2, -0.15) is 0 Å². The highest BCUT2D eigenvalue weighted by atomic mass is 32.2. The summed E-state index contributed by atoms with van der Waals surface area (Å²) >= 11 is 0. The van der Waals surface area contributed by atoms with Crippen molar-refractivity contribution in [3.8, 4) is 0 Å². The largest absolute Gasteiger partial charge is 0.354 e. The van der Waals surface area contributed by atoms with Gasteiger partial charge >= 0.3 is 0 Å². The monoisotopic (exact) mass is 474 g/mol. The van der Waals surface area contributed by atoms with Crippen molar-refractivity contribution in [2.45, 2.75) is 16.1 Å². The first-order valence-corrected chi connectivity index (χ1v) is 12.3. The number of carbonyl (C=O) groups excluding carboxylic acids is 1. The quantitative estimate of drug-likeness (QED) is 0.376. The number of hydrogen-bond donors (Lipinski definition) is 1. The van der Waals surface area contributed by atoms with Gasteiger partial charge in [-0.3, -0.25) is 9.78 Å². The number of nitrogens with zero attached hydrogens (tertiary/aromatic N) is 1. The van der Waals surface area contributed by atoms with Crippen molar-refractivity contribution in [2.75, 3.05) is 6.54 Å². The number of benzene rings is 3. The predicted octanol–water partition coefficient (Wildman–Crippen LogP) is 4.68. The number of sulfone groups is 1. The topological polar surface area (TPSA) is 76.1 Å². The summed E-state index contributed by atoms with van der Waals surface area (Å²) in [5.41, 5.74) is 2.03. The van der Waals surface area contributed by atoms with Gasteiger partial charge in [-0.1, -0.05) is 66.7 Å². The smallest absolute Gasteiger partial charge is 0.232 e. The molecule has 1 heterocycles. The zero-order valence-corrected chi connectivity index (χ0v) is 19.0. The molecular formula is C27H23FN2O3S. The van der Waals surface area contributed by atoms with Crippen LogP contribution in [-0.2, 0) is 14.6 Å². The Kier molecular flexibility index (Phi) is 7.13. The van der Waals surface area contributed by atoms with Crippen LogP contribution in [0.15, 0.2) is 114 Å². The average molecular weight is 475 g/mol. The molecule has 0 aliphatic rings. The number of rotatable bonds is 8. The van der Waals surface area contributed by atoms with E-state index in [1.54, 1.807) is 18.3 Å². The Morgan fingerprint density at radius 3 is 1.88 bits per heavy atom. The van der Waals surface area contributed by atoms with E-state index < -0.39 is 26.8 Å². The fraction of sp³-hybridized carbons (Fsp3) is 0.111. The molecule has 34 heavy (non-hydrogen) atoms. The zero-order chi connectivity index (χ0) is 24.0. The average Bonchev–Trinajstić information content (AvgIpc) is 2.86. The molecule has 1 amide bonds. The standard InChI is InChI=1S/C27H23FN2O3S/c28-23-13-15-24(16-14-23)34(32,33)25(22-12-7-17-29-18-22)19-30-27(31)26(20-8-3-1-4-9-20)21-10-5-2-6-11-21/h1-18,25-26H,19H2,(H,30,31). The van der Waals surface area contributed by atoms with Crippen molar-refractivity contribution in [1.82, 2.24) is 10.3 Å². The molecule has 1 aromatic heterocycles. The van der Waals surface area contributed by atoms with Crippen molar-refractivity contribution in [3.63, 3.8) is 0 Å². The van der Waals surface area contributed by atoms with Gasteiger partial charge in [0.05, 0.1) is 10.8 Å². The first-order valence-electron chi connectivity index (χ1n) is 10.7. The lowest BCUT2D eigenvalue weighted by atomic mass is 9.90. The molecule has 1 atom stereocenters. The molecule has 0 fully saturated rings. The van der Waals surface area contributed by atoms with Crippen molar-refractivity contribution in [2.24, 2.45) is 0 Å². The summed E-state index contributed by atoms with van der Waals surface area (Å²) in [5, 5.41) is 1.75. The highest BCUT2D eigenvalue weighted by Crippen LogP contribution is 2.29. The molecule has 5 nitrogen and oxygen atoms in total. The van der Waals surface area contributed by atoms with Gasteiger partial charge in [0.25, 0.3) is 0 Å². The summed E-state index contributed by atoms with van der Waals surface area (Å²) in [4.78, 5) is 17.4. The predicted molar refractivity (Wildman–Crippen MR) is 128 cm³/mol. The van der Waals surface area contributed by atoms with Gasteiger partial charge in [0.15, 0.2) is 9.84 Å². The molecular weight excluding hydrogens is 451 g/mol. The molecule has 4 aromatic rings. The van der Waals surface area contributed by atoms with Crippen molar-refractivity contribution < 1.29 is 17.6 Å². The van der Waals surface area contributed by atoms with Crippen molar-refractivity contribution in [3.05, 3.63) is 132 Å². The van der Waals surface area contributed by atoms with E-state index in [-0.39, 0.29) is 17.3 Å². The first-order chi connectivity index (χ1) is 16.5. The van der Waals surface area contributed by atoms with E-state index in [0.29, 0.717) is 5.56 Å². The second-order valence-corrected chi connectivity index (χ2v) is 9.90. The van der Waals surface area contributed by atoms with Gasteiger partial charge in [0.1, 0.15) is 11.1 Å². The van der Waals surface area contributed by atoms with Crippen LogP contribution in [-0.4, -0.2) is 25.9 Å². The highest BCUT2D eigenvalue weighted by molar-refractivity contribution is 7.91. The zero-order valence-electron chi connectivity index (χ0n) is 18.2. The SMILES string of the molecule is O=C(NCC(c1cccnc1)S(=O)(=O)c1ccc(F)cc1)C(c1ccccc1)c1ccccc1. The van der Waals surface area contributed by atoms with Crippen molar-refractivity contribution in [1.29, 1.82) is 0 Å². The fourth-order valence-corrected chi connectivity index (χ4v) is 5.49. The summed E-state index contributed by atoms with van der Waals surface area (Å²) in [6, 6.07) is 26.6. The van der Waals surface area contributed by atoms with E-state index in [9.17, 15) is 17.6 Å². The van der Waals surface area contributed by atoms with Gasteiger partial charge in [-0.25, -0.2) is 12.8 Å². The number of carbonyl (C=O) groups is 1. The first kappa shape index (κ1) is 23.3. The van der Waals surface area contributed by atoms with Crippen molar-refractivity contribution >= 4 is 15.7 Å². The van der Waals surface area contributed by atoms with Crippen LogP contribution in [0.4, 0.5) is 4.39 Å². The van der Waals surface area contributed by atoms with Gasteiger partial charge in [-0.15, -0.1) is 0 Å². The van der Waals surface area contributed by atoms with Crippen LogP contribution in [0, 0.1) is 5.82 Å². The summed E-state index contributed by atoms with van der Waals surface area (Å²) in [7, 11) is -3.94. The minimum absolute atomic E-state index is 0.0281. The molecule has 0 bridgehead atoms. The lowest BCUT2D eigenvalue weighted by Gasteiger charge is -2.22. The van der Waals surface area contributed by atoms with Gasteiger partial charge in [0, 0.05) is 18.9 Å². The molecule has 4 rings (SSSR count). The minimum Gasteiger partial charge on any atom is -0.354 e. The summed E-state index contributed by atoms with van der Waals surface area (Å²) in [5.74, 6) is -1.45. The van der Waals surface area contributed by atoms with E-state index in [1.807, 2.05) is 60.7 Å². The second-order valence-electron chi connectivity index (χ2n) is 7.77. The lowest BCUT2D eigenvalue weighted by Crippen LogP contribution is -2.35. The molecule has 7 heteroatoms. The maximum atomic E-state index is 13.5. The van der Waals surface area contributed by atoms with Gasteiger partial charge in [-0.05, 0) is 47.0 Å². The van der Waals surface area contributed by atoms with E-state index in [0.717, 1.165) is 23.3 Å². The third-order valence-corrected chi connectivity index (χ3v) is 7.68. The highest BCUT2D eigenvalue weighted by Gasteiger charge is 2.31. The lowest BCUT2D eigenvalue weighted by molar-refractivity contribution is -0.121. The molecule has 0 radical (unpaired) electrons. The van der Waals surface area contributed by atoms with E-state index >= 15 is 0 Å². The van der Waals surface area contributed by atoms with Crippen LogP contribution >= 0.6 is 0 Å². The van der Waals surface area contributed by atoms with Gasteiger partial charge in [0.2, 0.25) is 5.91 Å². The number of halogens is 1. The number of hydrogen-bond acceptors (Lipinski definition) is 4. The van der Waals surface area contributed by atoms with Crippen LogP contribution in [0.1, 0.15) is 27.9 Å². The number of amides is 1. The Hall–Kier alpha value is -3.84. The maximum Gasteiger partial charge on any atom is 0.232 e. The van der Waals surface area contributed by atoms with E-state index in [1.165, 1.54) is 18.3 Å². The second kappa shape index (κ2) is 10.4. The molecule has 0 aliphatic heterocycles. The minimum atomic E-state index is -3.94.